The summed E-state index contributed by atoms with van der Waals surface area (Å²) in [5, 5.41) is 11.5. The monoisotopic (exact) mass is 350 g/mol. The molecule has 0 amide bonds. The maximum atomic E-state index is 6.00. The number of nitrogens with two attached hydrogens (primary N) is 1. The fourth-order valence-corrected chi connectivity index (χ4v) is 3.64. The van der Waals surface area contributed by atoms with E-state index in [9.17, 15) is 0 Å². The summed E-state index contributed by atoms with van der Waals surface area (Å²) < 4.78 is 0. The first-order valence-electron chi connectivity index (χ1n) is 8.03. The Morgan fingerprint density at radius 2 is 2.16 bits per heavy atom. The first-order chi connectivity index (χ1) is 12.2. The summed E-state index contributed by atoms with van der Waals surface area (Å²) in [7, 11) is 0. The van der Waals surface area contributed by atoms with E-state index in [4.69, 9.17) is 5.73 Å². The molecule has 126 valence electrons. The fourth-order valence-electron chi connectivity index (χ4n) is 2.86. The number of rotatable bonds is 5. The zero-order valence-electron chi connectivity index (χ0n) is 13.8. The Bertz CT molecular complexity index is 1010. The molecule has 25 heavy (non-hydrogen) atoms. The van der Waals surface area contributed by atoms with Crippen molar-refractivity contribution >= 4 is 33.7 Å². The Kier molecular flexibility index (Phi) is 4.07. The molecule has 0 unspecified atom stereocenters. The normalized spacial score (nSPS) is 11.1. The van der Waals surface area contributed by atoms with Crippen molar-refractivity contribution in [2.75, 3.05) is 17.6 Å². The summed E-state index contributed by atoms with van der Waals surface area (Å²) in [6.07, 6.45) is 2.67. The molecule has 0 bridgehead atoms. The van der Waals surface area contributed by atoms with Gasteiger partial charge in [0.05, 0.1) is 22.4 Å². The van der Waals surface area contributed by atoms with Crippen LogP contribution in [0.4, 0.5) is 11.5 Å². The van der Waals surface area contributed by atoms with Crippen LogP contribution in [0.5, 0.6) is 0 Å². The first kappa shape index (κ1) is 15.6. The number of aryl methyl sites for hydroxylation is 1. The number of aromatic amines is 1. The minimum atomic E-state index is 0.505. The summed E-state index contributed by atoms with van der Waals surface area (Å²) in [5.74, 6) is 0.505. The van der Waals surface area contributed by atoms with E-state index in [2.05, 4.69) is 37.6 Å². The van der Waals surface area contributed by atoms with E-state index >= 15 is 0 Å². The van der Waals surface area contributed by atoms with Crippen LogP contribution >= 0.6 is 11.3 Å². The van der Waals surface area contributed by atoms with Gasteiger partial charge in [-0.15, -0.1) is 11.3 Å². The summed E-state index contributed by atoms with van der Waals surface area (Å²) in [6.45, 7) is 2.87. The van der Waals surface area contributed by atoms with Gasteiger partial charge in [-0.1, -0.05) is 12.1 Å². The highest BCUT2D eigenvalue weighted by Crippen LogP contribution is 2.28. The van der Waals surface area contributed by atoms with E-state index < -0.39 is 0 Å². The van der Waals surface area contributed by atoms with Crippen molar-refractivity contribution in [2.45, 2.75) is 13.3 Å². The van der Waals surface area contributed by atoms with Crippen LogP contribution in [0.15, 0.2) is 42.0 Å². The second-order valence-corrected chi connectivity index (χ2v) is 6.77. The molecule has 4 N–H and O–H groups in total. The lowest BCUT2D eigenvalue weighted by atomic mass is 10.1. The van der Waals surface area contributed by atoms with Gasteiger partial charge in [0.2, 0.25) is 0 Å². The molecular formula is C18H18N6S. The van der Waals surface area contributed by atoms with Crippen molar-refractivity contribution < 1.29 is 0 Å². The lowest BCUT2D eigenvalue weighted by Gasteiger charge is -2.11. The number of benzene rings is 1. The molecule has 0 saturated carbocycles. The van der Waals surface area contributed by atoms with E-state index in [-0.39, 0.29) is 0 Å². The summed E-state index contributed by atoms with van der Waals surface area (Å²) >= 11 is 1.69. The van der Waals surface area contributed by atoms with Crippen LogP contribution < -0.4 is 11.1 Å². The SMILES string of the molecule is Cc1ncsc1CCNc1cc(N)nc2cc(-c3ccn[nH]3)ccc12. The minimum absolute atomic E-state index is 0.505. The maximum Gasteiger partial charge on any atom is 0.126 e. The number of fused-ring (bicyclic) bond motifs is 1. The third-order valence-electron chi connectivity index (χ3n) is 4.15. The lowest BCUT2D eigenvalue weighted by molar-refractivity contribution is 1.02. The molecule has 1 aromatic carbocycles. The van der Waals surface area contributed by atoms with Gasteiger partial charge in [0.1, 0.15) is 5.82 Å². The average molecular weight is 350 g/mol. The predicted molar refractivity (Wildman–Crippen MR) is 103 cm³/mol. The molecule has 3 heterocycles. The molecule has 0 saturated heterocycles. The van der Waals surface area contributed by atoms with Crippen LogP contribution in [0.3, 0.4) is 0 Å². The predicted octanol–water partition coefficient (Wildman–Crippen LogP) is 3.63. The number of thiazole rings is 1. The Morgan fingerprint density at radius 1 is 1.24 bits per heavy atom. The Hall–Kier alpha value is -2.93. The van der Waals surface area contributed by atoms with Crippen LogP contribution in [-0.4, -0.2) is 26.7 Å². The summed E-state index contributed by atoms with van der Waals surface area (Å²) in [4.78, 5) is 10.1. The molecule has 0 aliphatic rings. The Morgan fingerprint density at radius 3 is 2.92 bits per heavy atom. The number of anilines is 2. The molecule has 0 spiro atoms. The number of nitrogens with one attached hydrogen (secondary N) is 2. The molecule has 0 aliphatic carbocycles. The van der Waals surface area contributed by atoms with Gasteiger partial charge in [-0.05, 0) is 19.1 Å². The largest absolute Gasteiger partial charge is 0.384 e. The standard InChI is InChI=1S/C18H18N6S/c1-11-17(25-10-21-11)5-6-20-15-9-18(19)23-16-8-12(2-3-13(15)16)14-4-7-22-24-14/h2-4,7-10H,5-6H2,1H3,(H,22,24)(H3,19,20,23). The molecule has 7 heteroatoms. The number of nitrogens with zero attached hydrogens (tertiary/aromatic N) is 3. The molecule has 3 aromatic heterocycles. The van der Waals surface area contributed by atoms with E-state index in [1.54, 1.807) is 17.5 Å². The smallest absolute Gasteiger partial charge is 0.126 e. The van der Waals surface area contributed by atoms with Crippen LogP contribution in [0, 0.1) is 6.92 Å². The number of aromatic nitrogens is 4. The van der Waals surface area contributed by atoms with E-state index in [1.807, 2.05) is 30.6 Å². The number of H-pyrrole nitrogens is 1. The van der Waals surface area contributed by atoms with Crippen molar-refractivity contribution in [2.24, 2.45) is 0 Å². The van der Waals surface area contributed by atoms with Crippen molar-refractivity contribution in [3.05, 3.63) is 52.6 Å². The first-order valence-corrected chi connectivity index (χ1v) is 8.91. The van der Waals surface area contributed by atoms with Gasteiger partial charge in [0.15, 0.2) is 0 Å². The zero-order valence-corrected chi connectivity index (χ0v) is 14.6. The van der Waals surface area contributed by atoms with Crippen LogP contribution in [0.1, 0.15) is 10.6 Å². The van der Waals surface area contributed by atoms with Crippen LogP contribution in [0.2, 0.25) is 0 Å². The summed E-state index contributed by atoms with van der Waals surface area (Å²) in [6, 6.07) is 9.98. The third-order valence-corrected chi connectivity index (χ3v) is 5.15. The second kappa shape index (κ2) is 6.52. The highest BCUT2D eigenvalue weighted by molar-refractivity contribution is 7.09. The maximum absolute atomic E-state index is 6.00. The quantitative estimate of drug-likeness (QED) is 0.511. The van der Waals surface area contributed by atoms with E-state index in [0.717, 1.165) is 46.5 Å². The highest BCUT2D eigenvalue weighted by atomic mass is 32.1. The van der Waals surface area contributed by atoms with E-state index in [0.29, 0.717) is 5.82 Å². The van der Waals surface area contributed by atoms with Crippen molar-refractivity contribution in [1.29, 1.82) is 0 Å². The Balaban J connectivity index is 1.61. The van der Waals surface area contributed by atoms with E-state index in [1.165, 1.54) is 4.88 Å². The zero-order chi connectivity index (χ0) is 17.2. The molecule has 0 fully saturated rings. The van der Waals surface area contributed by atoms with Gasteiger partial charge in [-0.25, -0.2) is 9.97 Å². The van der Waals surface area contributed by atoms with Crippen molar-refractivity contribution in [3.8, 4) is 11.3 Å². The van der Waals surface area contributed by atoms with Gasteiger partial charge < -0.3 is 11.1 Å². The minimum Gasteiger partial charge on any atom is -0.384 e. The average Bonchev–Trinajstić information content (AvgIpc) is 3.26. The van der Waals surface area contributed by atoms with Gasteiger partial charge in [0.25, 0.3) is 0 Å². The molecule has 4 rings (SSSR count). The third kappa shape index (κ3) is 3.18. The molecule has 4 aromatic rings. The molecule has 6 nitrogen and oxygen atoms in total. The molecule has 0 atom stereocenters. The van der Waals surface area contributed by atoms with Crippen molar-refractivity contribution in [1.82, 2.24) is 20.2 Å². The van der Waals surface area contributed by atoms with Gasteiger partial charge in [-0.2, -0.15) is 5.10 Å². The lowest BCUT2D eigenvalue weighted by Crippen LogP contribution is -2.06. The highest BCUT2D eigenvalue weighted by Gasteiger charge is 2.08. The number of hydrogen-bond acceptors (Lipinski definition) is 6. The summed E-state index contributed by atoms with van der Waals surface area (Å²) in [5.41, 5.74) is 12.9. The van der Waals surface area contributed by atoms with Gasteiger partial charge >= 0.3 is 0 Å². The molecule has 0 aliphatic heterocycles. The fraction of sp³-hybridized carbons (Fsp3) is 0.167. The topological polar surface area (TPSA) is 92.5 Å². The number of nitrogen functional groups attached to an aromatic ring is 1. The van der Waals surface area contributed by atoms with Gasteiger partial charge in [-0.3, -0.25) is 5.10 Å². The number of pyridine rings is 1. The van der Waals surface area contributed by atoms with Crippen LogP contribution in [-0.2, 0) is 6.42 Å². The van der Waals surface area contributed by atoms with Crippen molar-refractivity contribution in [3.63, 3.8) is 0 Å². The Labute approximate surface area is 149 Å². The van der Waals surface area contributed by atoms with Crippen LogP contribution in [0.25, 0.3) is 22.2 Å². The van der Waals surface area contributed by atoms with Gasteiger partial charge in [0, 0.05) is 46.7 Å². The second-order valence-electron chi connectivity index (χ2n) is 5.83. The number of hydrogen-bond donors (Lipinski definition) is 3. The molecular weight excluding hydrogens is 332 g/mol. The molecule has 0 radical (unpaired) electrons.